The van der Waals surface area contributed by atoms with E-state index in [4.69, 9.17) is 0 Å². The predicted molar refractivity (Wildman–Crippen MR) is 121 cm³/mol. The van der Waals surface area contributed by atoms with Gasteiger partial charge in [0.1, 0.15) is 0 Å². The van der Waals surface area contributed by atoms with Crippen LogP contribution < -0.4 is 5.32 Å². The lowest BCUT2D eigenvalue weighted by Crippen LogP contribution is -2.73. The highest BCUT2D eigenvalue weighted by Crippen LogP contribution is 2.45. The molecule has 4 nitrogen and oxygen atoms in total. The molecule has 2 saturated heterocycles. The monoisotopic (exact) mass is 418 g/mol. The summed E-state index contributed by atoms with van der Waals surface area (Å²) in [7, 11) is -3.34. The van der Waals surface area contributed by atoms with Gasteiger partial charge in [-0.25, -0.2) is 8.42 Å². The standard InChI is InChI=1S/C25H26N2O2S/c1-18-7-5-6-10-22(18)20-11-13-21(14-12-20)25-23-15-26-16-24(25)27(23)30(28,29)17-19-8-3-2-4-9-19/h2-14,23-26H,15-17H2,1H3/t23-,24+,25?. The Kier molecular flexibility index (Phi) is 4.97. The largest absolute Gasteiger partial charge is 0.313 e. The van der Waals surface area contributed by atoms with Gasteiger partial charge in [-0.15, -0.1) is 0 Å². The number of benzene rings is 3. The van der Waals surface area contributed by atoms with Crippen LogP contribution in [0.15, 0.2) is 78.9 Å². The molecule has 3 aromatic rings. The Hall–Kier alpha value is -2.47. The fraction of sp³-hybridized carbons (Fsp3) is 0.280. The Morgan fingerprint density at radius 1 is 0.867 bits per heavy atom. The van der Waals surface area contributed by atoms with Crippen molar-refractivity contribution >= 4 is 10.0 Å². The molecule has 0 aliphatic carbocycles. The number of piperazine rings is 1. The second kappa shape index (κ2) is 7.65. The number of hydrogen-bond donors (Lipinski definition) is 1. The SMILES string of the molecule is Cc1ccccc1-c1ccc(C2[C@H]3CNC[C@@H]2N3S(=O)(=O)Cc2ccccc2)cc1. The molecule has 154 valence electrons. The Labute approximate surface area is 178 Å². The first-order chi connectivity index (χ1) is 14.5. The van der Waals surface area contributed by atoms with Gasteiger partial charge in [0.05, 0.1) is 5.75 Å². The molecule has 3 atom stereocenters. The summed E-state index contributed by atoms with van der Waals surface area (Å²) in [6.45, 7) is 3.53. The zero-order valence-electron chi connectivity index (χ0n) is 17.0. The van der Waals surface area contributed by atoms with Crippen LogP contribution in [0.25, 0.3) is 11.1 Å². The molecule has 1 unspecified atom stereocenters. The number of rotatable bonds is 5. The zero-order valence-corrected chi connectivity index (χ0v) is 17.8. The number of piperidine rings is 1. The molecule has 2 aliphatic heterocycles. The molecule has 2 bridgehead atoms. The van der Waals surface area contributed by atoms with Crippen LogP contribution in [0.3, 0.4) is 0 Å². The van der Waals surface area contributed by atoms with Gasteiger partial charge in [-0.3, -0.25) is 0 Å². The molecule has 0 spiro atoms. The highest BCUT2D eigenvalue weighted by Gasteiger charge is 2.56. The molecule has 0 saturated carbocycles. The molecule has 3 aromatic carbocycles. The maximum Gasteiger partial charge on any atom is 0.218 e. The number of nitrogens with one attached hydrogen (secondary N) is 1. The van der Waals surface area contributed by atoms with E-state index in [1.165, 1.54) is 22.3 Å². The van der Waals surface area contributed by atoms with Crippen LogP contribution in [0.5, 0.6) is 0 Å². The lowest BCUT2D eigenvalue weighted by atomic mass is 9.74. The van der Waals surface area contributed by atoms with Gasteiger partial charge in [0.15, 0.2) is 0 Å². The average molecular weight is 419 g/mol. The smallest absolute Gasteiger partial charge is 0.218 e. The highest BCUT2D eigenvalue weighted by molar-refractivity contribution is 7.88. The predicted octanol–water partition coefficient (Wildman–Crippen LogP) is 3.93. The van der Waals surface area contributed by atoms with Gasteiger partial charge in [0.2, 0.25) is 10.0 Å². The number of sulfonamides is 1. The molecule has 30 heavy (non-hydrogen) atoms. The number of aryl methyl sites for hydroxylation is 1. The average Bonchev–Trinajstić information content (AvgIpc) is 2.75. The Balaban J connectivity index is 1.38. The summed E-state index contributed by atoms with van der Waals surface area (Å²) in [6.07, 6.45) is 0. The Morgan fingerprint density at radius 2 is 1.50 bits per heavy atom. The summed E-state index contributed by atoms with van der Waals surface area (Å²) < 4.78 is 28.1. The highest BCUT2D eigenvalue weighted by atomic mass is 32.2. The molecule has 5 rings (SSSR count). The van der Waals surface area contributed by atoms with Crippen molar-refractivity contribution in [2.75, 3.05) is 13.1 Å². The third kappa shape index (κ3) is 3.37. The first-order valence-electron chi connectivity index (χ1n) is 10.5. The first-order valence-corrected chi connectivity index (χ1v) is 12.1. The van der Waals surface area contributed by atoms with E-state index in [1.54, 1.807) is 4.31 Å². The molecule has 0 amide bonds. The van der Waals surface area contributed by atoms with Crippen molar-refractivity contribution in [2.45, 2.75) is 30.7 Å². The van der Waals surface area contributed by atoms with Crippen LogP contribution in [0.4, 0.5) is 0 Å². The van der Waals surface area contributed by atoms with Gasteiger partial charge in [0.25, 0.3) is 0 Å². The second-order valence-electron chi connectivity index (χ2n) is 8.33. The van der Waals surface area contributed by atoms with Gasteiger partial charge in [-0.1, -0.05) is 78.9 Å². The summed E-state index contributed by atoms with van der Waals surface area (Å²) in [5.41, 5.74) is 5.78. The number of hydrogen-bond acceptors (Lipinski definition) is 3. The first kappa shape index (κ1) is 19.5. The fourth-order valence-electron chi connectivity index (χ4n) is 5.03. The fourth-order valence-corrected chi connectivity index (χ4v) is 7.03. The van der Waals surface area contributed by atoms with Crippen molar-refractivity contribution in [1.29, 1.82) is 0 Å². The summed E-state index contributed by atoms with van der Waals surface area (Å²) in [5, 5.41) is 3.39. The summed E-state index contributed by atoms with van der Waals surface area (Å²) in [4.78, 5) is 0. The van der Waals surface area contributed by atoms with E-state index in [-0.39, 0.29) is 23.8 Å². The molecule has 0 radical (unpaired) electrons. The molecular weight excluding hydrogens is 392 g/mol. The topological polar surface area (TPSA) is 49.4 Å². The molecule has 2 fully saturated rings. The van der Waals surface area contributed by atoms with Gasteiger partial charge in [0, 0.05) is 31.1 Å². The van der Waals surface area contributed by atoms with Crippen molar-refractivity contribution in [2.24, 2.45) is 0 Å². The number of fused-ring (bicyclic) bond motifs is 2. The summed E-state index contributed by atoms with van der Waals surface area (Å²) in [5.74, 6) is 0.322. The van der Waals surface area contributed by atoms with E-state index < -0.39 is 10.0 Å². The van der Waals surface area contributed by atoms with Gasteiger partial charge in [-0.2, -0.15) is 4.31 Å². The van der Waals surface area contributed by atoms with Crippen molar-refractivity contribution in [3.8, 4) is 11.1 Å². The van der Waals surface area contributed by atoms with Gasteiger partial charge >= 0.3 is 0 Å². The van der Waals surface area contributed by atoms with Crippen molar-refractivity contribution in [3.63, 3.8) is 0 Å². The minimum Gasteiger partial charge on any atom is -0.313 e. The van der Waals surface area contributed by atoms with E-state index in [1.807, 2.05) is 30.3 Å². The molecule has 2 heterocycles. The van der Waals surface area contributed by atoms with E-state index in [0.29, 0.717) is 13.1 Å². The minimum atomic E-state index is -3.34. The minimum absolute atomic E-state index is 0.0122. The normalized spacial score (nSPS) is 23.7. The zero-order chi connectivity index (χ0) is 20.7. The van der Waals surface area contributed by atoms with E-state index >= 15 is 0 Å². The Bertz CT molecular complexity index is 1130. The van der Waals surface area contributed by atoms with Crippen molar-refractivity contribution < 1.29 is 8.42 Å². The van der Waals surface area contributed by atoms with Crippen LogP contribution in [0, 0.1) is 6.92 Å². The molecular formula is C25H26N2O2S. The third-order valence-electron chi connectivity index (χ3n) is 6.45. The van der Waals surface area contributed by atoms with Crippen LogP contribution in [0.1, 0.15) is 22.6 Å². The van der Waals surface area contributed by atoms with E-state index in [9.17, 15) is 8.42 Å². The van der Waals surface area contributed by atoms with Gasteiger partial charge in [-0.05, 0) is 34.7 Å². The molecule has 0 aromatic heterocycles. The quantitative estimate of drug-likeness (QED) is 0.683. The number of nitrogens with zero attached hydrogens (tertiary/aromatic N) is 1. The van der Waals surface area contributed by atoms with Crippen LogP contribution in [-0.2, 0) is 15.8 Å². The maximum absolute atomic E-state index is 13.1. The van der Waals surface area contributed by atoms with Crippen LogP contribution in [0.2, 0.25) is 0 Å². The van der Waals surface area contributed by atoms with Crippen LogP contribution >= 0.6 is 0 Å². The lowest BCUT2D eigenvalue weighted by molar-refractivity contribution is 0.0369. The van der Waals surface area contributed by atoms with E-state index in [0.717, 1.165) is 5.56 Å². The third-order valence-corrected chi connectivity index (χ3v) is 8.34. The molecule has 2 aliphatic rings. The second-order valence-corrected chi connectivity index (χ2v) is 10.2. The maximum atomic E-state index is 13.1. The van der Waals surface area contributed by atoms with Crippen molar-refractivity contribution in [1.82, 2.24) is 9.62 Å². The summed E-state index contributed by atoms with van der Waals surface area (Å²) >= 11 is 0. The summed E-state index contributed by atoms with van der Waals surface area (Å²) in [6, 6.07) is 26.5. The van der Waals surface area contributed by atoms with Crippen molar-refractivity contribution in [3.05, 3.63) is 95.6 Å². The lowest BCUT2D eigenvalue weighted by Gasteiger charge is -2.58. The Morgan fingerprint density at radius 3 is 2.17 bits per heavy atom. The van der Waals surface area contributed by atoms with Gasteiger partial charge < -0.3 is 5.32 Å². The van der Waals surface area contributed by atoms with E-state index in [2.05, 4.69) is 60.8 Å². The molecule has 1 N–H and O–H groups in total. The van der Waals surface area contributed by atoms with Crippen LogP contribution in [-0.4, -0.2) is 37.9 Å². The molecule has 5 heteroatoms.